The zero-order valence-corrected chi connectivity index (χ0v) is 35.2. The van der Waals surface area contributed by atoms with E-state index < -0.39 is 6.04 Å². The highest BCUT2D eigenvalue weighted by Crippen LogP contribution is 2.48. The molecule has 57 heavy (non-hydrogen) atoms. The smallest absolute Gasteiger partial charge is 0.309 e. The summed E-state index contributed by atoms with van der Waals surface area (Å²) in [6.45, 7) is 12.7. The molecule has 0 fully saturated rings. The summed E-state index contributed by atoms with van der Waals surface area (Å²) in [6.07, 6.45) is 10.1. The van der Waals surface area contributed by atoms with Crippen LogP contribution in [0.15, 0.2) is 103 Å². The molecule has 1 amide bonds. The SMILES string of the molecule is CCCCC[C@@H](C)NC(=O)C(Cc1cc2ccccc2c(-c2c(OC)c(C/C=C\C[C@H](C)C(=O)OCc3ccccc3)cc3ccccc23)c1OC)NC(C)(C)C. The number of fused-ring (bicyclic) bond motifs is 2. The average Bonchev–Trinajstić information content (AvgIpc) is 3.20. The molecule has 1 unspecified atom stereocenters. The van der Waals surface area contributed by atoms with Crippen molar-refractivity contribution in [2.24, 2.45) is 5.92 Å². The van der Waals surface area contributed by atoms with Gasteiger partial charge >= 0.3 is 5.97 Å². The largest absolute Gasteiger partial charge is 0.496 e. The van der Waals surface area contributed by atoms with Gasteiger partial charge in [0.05, 0.1) is 26.2 Å². The number of ether oxygens (including phenoxy) is 3. The summed E-state index contributed by atoms with van der Waals surface area (Å²) in [5.74, 6) is 0.975. The number of hydrogen-bond acceptors (Lipinski definition) is 6. The zero-order valence-electron chi connectivity index (χ0n) is 35.2. The molecule has 0 saturated heterocycles. The third-order valence-electron chi connectivity index (χ3n) is 10.4. The van der Waals surface area contributed by atoms with E-state index in [9.17, 15) is 9.59 Å². The maximum atomic E-state index is 14.0. The van der Waals surface area contributed by atoms with Crippen LogP contribution in [-0.2, 0) is 33.8 Å². The number of benzene rings is 5. The minimum Gasteiger partial charge on any atom is -0.496 e. The monoisotopic (exact) mass is 770 g/mol. The number of rotatable bonds is 19. The summed E-state index contributed by atoms with van der Waals surface area (Å²) in [6, 6.07) is 30.4. The van der Waals surface area contributed by atoms with E-state index in [2.05, 4.69) is 112 Å². The van der Waals surface area contributed by atoms with Crippen LogP contribution in [0.4, 0.5) is 0 Å². The van der Waals surface area contributed by atoms with Crippen molar-refractivity contribution in [1.29, 1.82) is 0 Å². The van der Waals surface area contributed by atoms with E-state index in [0.717, 1.165) is 86.5 Å². The number of unbranched alkanes of at least 4 members (excludes halogenated alkanes) is 2. The molecular formula is C50H62N2O5. The molecule has 2 N–H and O–H groups in total. The van der Waals surface area contributed by atoms with Crippen LogP contribution >= 0.6 is 0 Å². The minimum absolute atomic E-state index is 0.0127. The number of nitrogens with one attached hydrogen (secondary N) is 2. The lowest BCUT2D eigenvalue weighted by Crippen LogP contribution is -2.54. The first-order valence-corrected chi connectivity index (χ1v) is 20.5. The van der Waals surface area contributed by atoms with Crippen LogP contribution in [0.1, 0.15) is 90.3 Å². The van der Waals surface area contributed by atoms with Gasteiger partial charge in [-0.15, -0.1) is 0 Å². The van der Waals surface area contributed by atoms with Gasteiger partial charge in [0.25, 0.3) is 0 Å². The Hall–Kier alpha value is -5.14. The highest BCUT2D eigenvalue weighted by molar-refractivity contribution is 6.11. The van der Waals surface area contributed by atoms with Crippen LogP contribution < -0.4 is 20.1 Å². The summed E-state index contributed by atoms with van der Waals surface area (Å²) in [4.78, 5) is 26.8. The van der Waals surface area contributed by atoms with Crippen molar-refractivity contribution in [3.63, 3.8) is 0 Å². The molecule has 5 rings (SSSR count). The Morgan fingerprint density at radius 3 is 1.93 bits per heavy atom. The number of amides is 1. The van der Waals surface area contributed by atoms with Gasteiger partial charge in [0, 0.05) is 29.1 Å². The van der Waals surface area contributed by atoms with Crippen LogP contribution in [0.3, 0.4) is 0 Å². The molecule has 0 aliphatic carbocycles. The van der Waals surface area contributed by atoms with Gasteiger partial charge in [-0.3, -0.25) is 9.59 Å². The highest BCUT2D eigenvalue weighted by Gasteiger charge is 2.29. The summed E-state index contributed by atoms with van der Waals surface area (Å²) < 4.78 is 18.3. The molecule has 0 aromatic heterocycles. The number of allylic oxidation sites excluding steroid dienone is 2. The number of esters is 1. The van der Waals surface area contributed by atoms with E-state index in [-0.39, 0.29) is 36.0 Å². The summed E-state index contributed by atoms with van der Waals surface area (Å²) in [5.41, 5.74) is 4.50. The Bertz CT molecular complexity index is 2130. The van der Waals surface area contributed by atoms with E-state index in [0.29, 0.717) is 19.3 Å². The standard InChI is InChI=1S/C50H62N2O5/c1-9-10-12-22-35(3)51-48(53)43(52-50(4,5)6)32-40-31-38-26-18-20-29-42(38)45(47(40)56-8)44-41-28-19-17-25-37(41)30-39(46(44)55-7)27-16-15-21-34(2)49(54)57-33-36-23-13-11-14-24-36/h11,13-20,23-26,28-31,34-35,43,52H,9-10,12,21-22,27,32-33H2,1-8H3,(H,51,53)/b16-15-/t34-,35+,43?/m0/s1. The minimum atomic E-state index is -0.491. The second kappa shape index (κ2) is 20.3. The molecule has 0 heterocycles. The number of carbonyl (C=O) groups excluding carboxylic acids is 2. The summed E-state index contributed by atoms with van der Waals surface area (Å²) in [7, 11) is 3.44. The molecule has 0 saturated carbocycles. The van der Waals surface area contributed by atoms with Gasteiger partial charge in [-0.1, -0.05) is 124 Å². The Morgan fingerprint density at radius 2 is 1.33 bits per heavy atom. The predicted octanol–water partition coefficient (Wildman–Crippen LogP) is 10.9. The molecule has 0 aliphatic heterocycles. The van der Waals surface area contributed by atoms with E-state index in [1.54, 1.807) is 14.2 Å². The normalized spacial score (nSPS) is 13.4. The molecule has 7 nitrogen and oxygen atoms in total. The summed E-state index contributed by atoms with van der Waals surface area (Å²) >= 11 is 0. The Kier molecular flexibility index (Phi) is 15.3. The highest BCUT2D eigenvalue weighted by atomic mass is 16.5. The van der Waals surface area contributed by atoms with Crippen LogP contribution in [0.5, 0.6) is 11.5 Å². The Labute approximate surface area is 340 Å². The van der Waals surface area contributed by atoms with Crippen molar-refractivity contribution in [1.82, 2.24) is 10.6 Å². The Morgan fingerprint density at radius 1 is 0.754 bits per heavy atom. The third-order valence-corrected chi connectivity index (χ3v) is 10.4. The fourth-order valence-corrected chi connectivity index (χ4v) is 7.59. The van der Waals surface area contributed by atoms with E-state index in [1.165, 1.54) is 0 Å². The lowest BCUT2D eigenvalue weighted by Gasteiger charge is -2.30. The molecule has 0 spiro atoms. The molecule has 0 aliphatic rings. The number of methoxy groups -OCH3 is 2. The van der Waals surface area contributed by atoms with Gasteiger partial charge in [-0.25, -0.2) is 0 Å². The van der Waals surface area contributed by atoms with Gasteiger partial charge in [0.1, 0.15) is 18.1 Å². The van der Waals surface area contributed by atoms with Crippen molar-refractivity contribution in [2.45, 2.75) is 111 Å². The van der Waals surface area contributed by atoms with E-state index in [1.807, 2.05) is 43.3 Å². The van der Waals surface area contributed by atoms with Gasteiger partial charge in [0.2, 0.25) is 5.91 Å². The van der Waals surface area contributed by atoms with Gasteiger partial charge in [0.15, 0.2) is 0 Å². The van der Waals surface area contributed by atoms with Gasteiger partial charge < -0.3 is 24.8 Å². The van der Waals surface area contributed by atoms with Gasteiger partial charge in [-0.05, 0) is 97.3 Å². The first-order valence-electron chi connectivity index (χ1n) is 20.5. The number of hydrogen-bond donors (Lipinski definition) is 2. The van der Waals surface area contributed by atoms with E-state index >= 15 is 0 Å². The second-order valence-corrected chi connectivity index (χ2v) is 16.3. The van der Waals surface area contributed by atoms with Crippen molar-refractivity contribution in [2.75, 3.05) is 14.2 Å². The molecular weight excluding hydrogens is 709 g/mol. The van der Waals surface area contributed by atoms with Crippen LogP contribution in [-0.4, -0.2) is 43.7 Å². The van der Waals surface area contributed by atoms with Crippen molar-refractivity contribution < 1.29 is 23.8 Å². The van der Waals surface area contributed by atoms with Crippen molar-refractivity contribution in [3.8, 4) is 22.6 Å². The first kappa shape index (κ1) is 43.0. The maximum Gasteiger partial charge on any atom is 0.309 e. The first-order chi connectivity index (χ1) is 27.4. The second-order valence-electron chi connectivity index (χ2n) is 16.3. The molecule has 5 aromatic rings. The average molecular weight is 771 g/mol. The predicted molar refractivity (Wildman–Crippen MR) is 235 cm³/mol. The van der Waals surface area contributed by atoms with Crippen LogP contribution in [0.2, 0.25) is 0 Å². The maximum absolute atomic E-state index is 14.0. The van der Waals surface area contributed by atoms with Crippen LogP contribution in [0.25, 0.3) is 32.7 Å². The fraction of sp³-hybridized carbons (Fsp3) is 0.400. The molecule has 5 aromatic carbocycles. The lowest BCUT2D eigenvalue weighted by molar-refractivity contribution is -0.149. The number of carbonyl (C=O) groups is 2. The Balaban J connectivity index is 1.53. The topological polar surface area (TPSA) is 85.9 Å². The quantitative estimate of drug-likeness (QED) is 0.0494. The molecule has 0 bridgehead atoms. The van der Waals surface area contributed by atoms with Gasteiger partial charge in [-0.2, -0.15) is 0 Å². The lowest BCUT2D eigenvalue weighted by atomic mass is 9.87. The molecule has 302 valence electrons. The fourth-order valence-electron chi connectivity index (χ4n) is 7.59. The summed E-state index contributed by atoms with van der Waals surface area (Å²) in [5, 5.41) is 11.1. The van der Waals surface area contributed by atoms with E-state index in [4.69, 9.17) is 14.2 Å². The van der Waals surface area contributed by atoms with Crippen LogP contribution in [0, 0.1) is 5.92 Å². The van der Waals surface area contributed by atoms with Crippen molar-refractivity contribution in [3.05, 3.63) is 120 Å². The molecule has 3 atom stereocenters. The molecule has 7 heteroatoms. The zero-order chi connectivity index (χ0) is 41.0. The third kappa shape index (κ3) is 11.5. The van der Waals surface area contributed by atoms with Crippen molar-refractivity contribution >= 4 is 33.4 Å². The molecule has 0 radical (unpaired) electrons.